The number of benzene rings is 2. The number of aromatic nitrogens is 6. The van der Waals surface area contributed by atoms with E-state index in [-0.39, 0.29) is 47.1 Å². The van der Waals surface area contributed by atoms with Crippen LogP contribution in [0, 0.1) is 11.8 Å². The Morgan fingerprint density at radius 3 is 1.35 bits per heavy atom. The Hall–Kier alpha value is -4.08. The van der Waals surface area contributed by atoms with E-state index in [2.05, 4.69) is 20.2 Å². The summed E-state index contributed by atoms with van der Waals surface area (Å²) < 4.78 is 31.4. The molecular formula is C30H28F2N6O2. The molecule has 4 heterocycles. The fraction of sp³-hybridized carbons (Fsp3) is 0.400. The van der Waals surface area contributed by atoms with E-state index < -0.39 is 12.3 Å². The van der Waals surface area contributed by atoms with Gasteiger partial charge in [0, 0.05) is 24.7 Å². The maximum Gasteiger partial charge on any atom is 0.217 e. The Kier molecular flexibility index (Phi) is 6.13. The minimum absolute atomic E-state index is 0.0362. The topological polar surface area (TPSA) is 95.6 Å². The molecule has 0 bridgehead atoms. The Bertz CT molecular complexity index is 1440. The van der Waals surface area contributed by atoms with Crippen LogP contribution in [0.2, 0.25) is 0 Å². The van der Waals surface area contributed by atoms with Crippen molar-refractivity contribution in [1.82, 2.24) is 29.5 Å². The summed E-state index contributed by atoms with van der Waals surface area (Å²) in [6, 6.07) is 19.1. The lowest BCUT2D eigenvalue weighted by Gasteiger charge is -2.11. The quantitative estimate of drug-likeness (QED) is 0.288. The summed E-state index contributed by atoms with van der Waals surface area (Å²) >= 11 is 0. The molecule has 8 rings (SSSR count). The second kappa shape index (κ2) is 9.83. The average molecular weight is 543 g/mol. The van der Waals surface area contributed by atoms with E-state index in [4.69, 9.17) is 0 Å². The molecule has 4 aromatic rings. The first kappa shape index (κ1) is 24.9. The first-order valence-corrected chi connectivity index (χ1v) is 13.9. The zero-order valence-corrected chi connectivity index (χ0v) is 21.7. The Labute approximate surface area is 229 Å². The van der Waals surface area contributed by atoms with Gasteiger partial charge in [-0.05, 0) is 36.8 Å². The third-order valence-corrected chi connectivity index (χ3v) is 8.03. The average Bonchev–Trinajstić information content (AvgIpc) is 3.87. The fourth-order valence-electron chi connectivity index (χ4n) is 5.53. The van der Waals surface area contributed by atoms with Gasteiger partial charge in [-0.25, -0.2) is 28.1 Å². The number of carbonyl (C=O) groups excluding carboxylic acids is 2. The van der Waals surface area contributed by atoms with Crippen LogP contribution in [0.3, 0.4) is 0 Å². The van der Waals surface area contributed by atoms with Gasteiger partial charge >= 0.3 is 0 Å². The molecule has 2 saturated carbocycles. The number of nitrogens with zero attached hydrogens (tertiary/aromatic N) is 6. The van der Waals surface area contributed by atoms with Crippen LogP contribution in [0.1, 0.15) is 107 Å². The van der Waals surface area contributed by atoms with Gasteiger partial charge in [-0.3, -0.25) is 9.59 Å². The van der Waals surface area contributed by atoms with Crippen molar-refractivity contribution in [2.75, 3.05) is 0 Å². The zero-order valence-electron chi connectivity index (χ0n) is 21.7. The van der Waals surface area contributed by atoms with Crippen molar-refractivity contribution in [3.05, 3.63) is 95.1 Å². The molecule has 8 nitrogen and oxygen atoms in total. The van der Waals surface area contributed by atoms with Crippen molar-refractivity contribution in [3.8, 4) is 0 Å². The molecule has 2 aromatic heterocycles. The van der Waals surface area contributed by atoms with E-state index in [0.717, 1.165) is 36.8 Å². The van der Waals surface area contributed by atoms with Gasteiger partial charge in [-0.2, -0.15) is 0 Å². The van der Waals surface area contributed by atoms with Crippen LogP contribution in [0.4, 0.5) is 8.78 Å². The third kappa shape index (κ3) is 4.55. The first-order valence-electron chi connectivity index (χ1n) is 13.9. The summed E-state index contributed by atoms with van der Waals surface area (Å²) in [4.78, 5) is 32.3. The molecule has 2 aliphatic carbocycles. The molecule has 204 valence electrons. The lowest BCUT2D eigenvalue weighted by molar-refractivity contribution is 0.0949. The summed E-state index contributed by atoms with van der Waals surface area (Å²) in [5.41, 5.74) is 2.01. The smallest absolute Gasteiger partial charge is 0.217 e. The predicted octanol–water partition coefficient (Wildman–Crippen LogP) is 5.75. The van der Waals surface area contributed by atoms with Crippen molar-refractivity contribution in [2.24, 2.45) is 11.8 Å². The molecular weight excluding hydrogens is 514 g/mol. The molecule has 4 aliphatic rings. The summed E-state index contributed by atoms with van der Waals surface area (Å²) in [7, 11) is 0. The molecule has 0 amide bonds. The second-order valence-corrected chi connectivity index (χ2v) is 11.0. The van der Waals surface area contributed by atoms with Crippen molar-refractivity contribution in [3.63, 3.8) is 0 Å². The van der Waals surface area contributed by atoms with Crippen molar-refractivity contribution in [2.45, 2.75) is 63.0 Å². The van der Waals surface area contributed by atoms with Gasteiger partial charge in [0.2, 0.25) is 23.2 Å². The van der Waals surface area contributed by atoms with Crippen molar-refractivity contribution in [1.29, 1.82) is 0 Å². The van der Waals surface area contributed by atoms with Gasteiger partial charge in [0.1, 0.15) is 0 Å². The molecule has 0 saturated heterocycles. The highest BCUT2D eigenvalue weighted by Gasteiger charge is 2.40. The number of alkyl halides is 2. The van der Waals surface area contributed by atoms with Crippen LogP contribution >= 0.6 is 0 Å². The Morgan fingerprint density at radius 2 is 1.00 bits per heavy atom. The largest absolute Gasteiger partial charge is 0.290 e. The maximum absolute atomic E-state index is 14.1. The summed E-state index contributed by atoms with van der Waals surface area (Å²) in [5, 5.41) is 8.55. The number of fused-ring (bicyclic) bond motifs is 2. The number of carbonyl (C=O) groups is 2. The van der Waals surface area contributed by atoms with E-state index in [1.54, 1.807) is 9.36 Å². The van der Waals surface area contributed by atoms with Crippen LogP contribution in [0.5, 0.6) is 0 Å². The Morgan fingerprint density at radius 1 is 0.625 bits per heavy atom. The van der Waals surface area contributed by atoms with E-state index in [0.29, 0.717) is 24.5 Å². The molecule has 0 radical (unpaired) electrons. The SMILES string of the molecule is O=C(c1nc2n(n1)[C@@H](c1ccccc1)C[C@H]2F)C1CC1.O=C(c1nc2n(n1)[C@H](c1ccccc1)C[C@@H]2F)C1CC1. The highest BCUT2D eigenvalue weighted by atomic mass is 19.1. The van der Waals surface area contributed by atoms with Crippen molar-refractivity contribution < 1.29 is 18.4 Å². The summed E-state index contributed by atoms with van der Waals surface area (Å²) in [5.74, 6) is 1.01. The zero-order chi connectivity index (χ0) is 27.4. The normalized spacial score (nSPS) is 24.6. The standard InChI is InChI=1S/2C15H14FN3O/c2*16-11-8-12(9-4-2-1-3-5-9)19-15(11)17-14(18-19)13(20)10-6-7-10/h2*1-5,10-12H,6-8H2/t2*11-,12-/m10/s1. The molecule has 40 heavy (non-hydrogen) atoms. The molecule has 0 spiro atoms. The van der Waals surface area contributed by atoms with Crippen molar-refractivity contribution >= 4 is 11.6 Å². The lowest BCUT2D eigenvalue weighted by Crippen LogP contribution is -2.10. The highest BCUT2D eigenvalue weighted by molar-refractivity contribution is 5.96. The van der Waals surface area contributed by atoms with Crippen LogP contribution in [0.25, 0.3) is 0 Å². The van der Waals surface area contributed by atoms with Gasteiger partial charge in [-0.1, -0.05) is 60.7 Å². The maximum atomic E-state index is 14.1. The van der Waals surface area contributed by atoms with Crippen LogP contribution < -0.4 is 0 Å². The number of ketones is 2. The van der Waals surface area contributed by atoms with Crippen LogP contribution in [-0.4, -0.2) is 41.1 Å². The van der Waals surface area contributed by atoms with E-state index in [9.17, 15) is 18.4 Å². The van der Waals surface area contributed by atoms with Gasteiger partial charge in [0.25, 0.3) is 0 Å². The molecule has 2 aromatic carbocycles. The Balaban J connectivity index is 0.000000132. The van der Waals surface area contributed by atoms with Gasteiger partial charge in [0.15, 0.2) is 24.0 Å². The highest BCUT2D eigenvalue weighted by Crippen LogP contribution is 2.41. The molecule has 2 fully saturated rings. The number of hydrogen-bond acceptors (Lipinski definition) is 6. The number of hydrogen-bond donors (Lipinski definition) is 0. The second-order valence-electron chi connectivity index (χ2n) is 11.0. The first-order chi connectivity index (χ1) is 19.5. The molecule has 10 heteroatoms. The molecule has 0 N–H and O–H groups in total. The van der Waals surface area contributed by atoms with Gasteiger partial charge < -0.3 is 0 Å². The minimum atomic E-state index is -1.14. The van der Waals surface area contributed by atoms with Gasteiger partial charge in [-0.15, -0.1) is 10.2 Å². The molecule has 2 aliphatic heterocycles. The summed E-state index contributed by atoms with van der Waals surface area (Å²) in [6.07, 6.45) is 2.03. The van der Waals surface area contributed by atoms with Crippen LogP contribution in [-0.2, 0) is 0 Å². The van der Waals surface area contributed by atoms with Crippen LogP contribution in [0.15, 0.2) is 60.7 Å². The minimum Gasteiger partial charge on any atom is -0.290 e. The molecule has 4 atom stereocenters. The third-order valence-electron chi connectivity index (χ3n) is 8.03. The number of Topliss-reactive ketones (excluding diaryl/α,β-unsaturated/α-hetero) is 2. The van der Waals surface area contributed by atoms with E-state index >= 15 is 0 Å². The van der Waals surface area contributed by atoms with Gasteiger partial charge in [0.05, 0.1) is 12.1 Å². The summed E-state index contributed by atoms with van der Waals surface area (Å²) in [6.45, 7) is 0. The lowest BCUT2D eigenvalue weighted by atomic mass is 10.0. The monoisotopic (exact) mass is 542 g/mol. The van der Waals surface area contributed by atoms with E-state index in [1.165, 1.54) is 0 Å². The molecule has 0 unspecified atom stereocenters. The van der Waals surface area contributed by atoms with E-state index in [1.807, 2.05) is 60.7 Å². The fourth-order valence-corrected chi connectivity index (χ4v) is 5.53. The number of halogens is 2. The predicted molar refractivity (Wildman–Crippen MR) is 140 cm³/mol. The number of rotatable bonds is 6.